The maximum atomic E-state index is 15.2. The number of hydrogen-bond acceptors (Lipinski definition) is 8. The second-order valence-electron chi connectivity index (χ2n) is 7.99. The number of carbonyl (C=O) groups excluding carboxylic acids is 1. The fourth-order valence-electron chi connectivity index (χ4n) is 3.73. The van der Waals surface area contributed by atoms with Crippen LogP contribution in [-0.2, 0) is 19.7 Å². The summed E-state index contributed by atoms with van der Waals surface area (Å²) in [7, 11) is 0. The molecule has 5 aromatic rings. The molecule has 0 spiro atoms. The molecule has 0 atom stereocenters. The lowest BCUT2D eigenvalue weighted by Crippen LogP contribution is -2.23. The largest absolute Gasteiger partial charge is 0.392 e. The van der Waals surface area contributed by atoms with Crippen LogP contribution in [-0.4, -0.2) is 30.5 Å². The zero-order valence-corrected chi connectivity index (χ0v) is 20.7. The standard InChI is InChI=1S/C25H19ClFN5O4S/c26-21-7-5-18(37-21)12-28-22-11-20(29-32(22)25(35)16-3-1-15(14-33)2-4-16)24-19(27)6-8-23(34)31(24)13-17-9-10-36-30-17/h1-11,28,33H,12-14H2. The molecule has 12 heteroatoms. The van der Waals surface area contributed by atoms with Gasteiger partial charge in [0, 0.05) is 28.6 Å². The van der Waals surface area contributed by atoms with Gasteiger partial charge in [-0.15, -0.1) is 11.3 Å². The SMILES string of the molecule is O=C(c1ccc(CO)cc1)n1nc(-c2c(F)ccc(=O)n2Cc2ccon2)cc1NCc1ccc(Cl)s1. The highest BCUT2D eigenvalue weighted by atomic mass is 35.5. The summed E-state index contributed by atoms with van der Waals surface area (Å²) in [6.07, 6.45) is 1.35. The zero-order valence-electron chi connectivity index (χ0n) is 19.1. The lowest BCUT2D eigenvalue weighted by molar-refractivity contribution is 0.0947. The van der Waals surface area contributed by atoms with Crippen LogP contribution >= 0.6 is 22.9 Å². The molecule has 4 heterocycles. The monoisotopic (exact) mass is 539 g/mol. The maximum Gasteiger partial charge on any atom is 0.280 e. The van der Waals surface area contributed by atoms with Crippen LogP contribution in [0.4, 0.5) is 10.2 Å². The number of hydrogen-bond donors (Lipinski definition) is 2. The number of thiophene rings is 1. The molecule has 0 amide bonds. The Morgan fingerprint density at radius 2 is 1.95 bits per heavy atom. The number of pyridine rings is 1. The van der Waals surface area contributed by atoms with E-state index in [1.54, 1.807) is 36.4 Å². The summed E-state index contributed by atoms with van der Waals surface area (Å²) in [5.74, 6) is -0.882. The highest BCUT2D eigenvalue weighted by Crippen LogP contribution is 2.27. The Morgan fingerprint density at radius 1 is 1.14 bits per heavy atom. The van der Waals surface area contributed by atoms with Crippen LogP contribution in [0.2, 0.25) is 4.34 Å². The molecule has 0 saturated carbocycles. The molecule has 5 rings (SSSR count). The number of carbonyl (C=O) groups is 1. The molecule has 188 valence electrons. The van der Waals surface area contributed by atoms with Gasteiger partial charge in [-0.3, -0.25) is 14.2 Å². The number of aliphatic hydroxyl groups excluding tert-OH is 1. The Labute approximate surface area is 218 Å². The summed E-state index contributed by atoms with van der Waals surface area (Å²) in [5, 5.41) is 20.7. The minimum absolute atomic E-state index is 0.0533. The molecule has 0 aliphatic carbocycles. The van der Waals surface area contributed by atoms with Gasteiger partial charge in [-0.2, -0.15) is 9.78 Å². The molecule has 0 saturated heterocycles. The van der Waals surface area contributed by atoms with Crippen molar-refractivity contribution < 1.29 is 18.8 Å². The minimum atomic E-state index is -0.691. The highest BCUT2D eigenvalue weighted by molar-refractivity contribution is 7.16. The summed E-state index contributed by atoms with van der Waals surface area (Å²) in [6, 6.07) is 15.3. The average molecular weight is 540 g/mol. The van der Waals surface area contributed by atoms with E-state index in [0.717, 1.165) is 21.7 Å². The van der Waals surface area contributed by atoms with E-state index in [1.165, 1.54) is 28.2 Å². The van der Waals surface area contributed by atoms with E-state index in [9.17, 15) is 14.7 Å². The Morgan fingerprint density at radius 3 is 2.62 bits per heavy atom. The fourth-order valence-corrected chi connectivity index (χ4v) is 4.76. The van der Waals surface area contributed by atoms with Gasteiger partial charge in [-0.25, -0.2) is 4.39 Å². The topological polar surface area (TPSA) is 115 Å². The molecule has 0 aliphatic rings. The van der Waals surface area contributed by atoms with Crippen LogP contribution in [0, 0.1) is 5.82 Å². The van der Waals surface area contributed by atoms with Crippen molar-refractivity contribution in [2.75, 3.05) is 5.32 Å². The lowest BCUT2D eigenvalue weighted by Gasteiger charge is -2.10. The molecule has 0 radical (unpaired) electrons. The molecule has 4 aromatic heterocycles. The summed E-state index contributed by atoms with van der Waals surface area (Å²) >= 11 is 7.41. The third-order valence-electron chi connectivity index (χ3n) is 5.55. The fraction of sp³-hybridized carbons (Fsp3) is 0.120. The van der Waals surface area contributed by atoms with E-state index in [1.807, 2.05) is 6.07 Å². The maximum absolute atomic E-state index is 15.2. The first kappa shape index (κ1) is 24.6. The lowest BCUT2D eigenvalue weighted by atomic mass is 10.1. The van der Waals surface area contributed by atoms with Crippen molar-refractivity contribution in [1.29, 1.82) is 0 Å². The predicted octanol–water partition coefficient (Wildman–Crippen LogP) is 4.40. The molecule has 37 heavy (non-hydrogen) atoms. The van der Waals surface area contributed by atoms with Crippen LogP contribution < -0.4 is 10.9 Å². The molecular weight excluding hydrogens is 521 g/mol. The molecule has 1 aromatic carbocycles. The normalized spacial score (nSPS) is 11.1. The number of halogens is 2. The first-order chi connectivity index (χ1) is 17.9. The molecule has 0 fully saturated rings. The third kappa shape index (κ3) is 5.24. The summed E-state index contributed by atoms with van der Waals surface area (Å²) in [6.45, 7) is 0.122. The molecular formula is C25H19ClFN5O4S. The molecule has 0 aliphatic heterocycles. The number of rotatable bonds is 8. The van der Waals surface area contributed by atoms with Crippen LogP contribution in [0.15, 0.2) is 76.2 Å². The summed E-state index contributed by atoms with van der Waals surface area (Å²) < 4.78 is 22.9. The first-order valence-corrected chi connectivity index (χ1v) is 12.2. The van der Waals surface area contributed by atoms with E-state index in [0.29, 0.717) is 33.5 Å². The van der Waals surface area contributed by atoms with Gasteiger partial charge in [0.1, 0.15) is 35.0 Å². The van der Waals surface area contributed by atoms with Gasteiger partial charge >= 0.3 is 0 Å². The number of aromatic nitrogens is 4. The van der Waals surface area contributed by atoms with Crippen molar-refractivity contribution in [1.82, 2.24) is 19.5 Å². The van der Waals surface area contributed by atoms with Crippen LogP contribution in [0.3, 0.4) is 0 Å². The molecule has 0 bridgehead atoms. The number of nitrogens with zero attached hydrogens (tertiary/aromatic N) is 4. The van der Waals surface area contributed by atoms with Crippen molar-refractivity contribution in [2.24, 2.45) is 0 Å². The third-order valence-corrected chi connectivity index (χ3v) is 6.78. The van der Waals surface area contributed by atoms with E-state index < -0.39 is 17.3 Å². The first-order valence-electron chi connectivity index (χ1n) is 11.0. The Hall–Kier alpha value is -4.06. The Bertz CT molecular complexity index is 1610. The van der Waals surface area contributed by atoms with Crippen LogP contribution in [0.25, 0.3) is 11.4 Å². The van der Waals surface area contributed by atoms with Crippen molar-refractivity contribution in [3.63, 3.8) is 0 Å². The van der Waals surface area contributed by atoms with Gasteiger partial charge in [0.2, 0.25) is 0 Å². The summed E-state index contributed by atoms with van der Waals surface area (Å²) in [5.41, 5.74) is 0.881. The van der Waals surface area contributed by atoms with Crippen molar-refractivity contribution in [3.8, 4) is 11.4 Å². The van der Waals surface area contributed by atoms with Gasteiger partial charge in [0.05, 0.1) is 24.0 Å². The quantitative estimate of drug-likeness (QED) is 0.300. The van der Waals surface area contributed by atoms with Crippen molar-refractivity contribution >= 4 is 34.7 Å². The minimum Gasteiger partial charge on any atom is -0.392 e. The van der Waals surface area contributed by atoms with Crippen molar-refractivity contribution in [2.45, 2.75) is 19.7 Å². The van der Waals surface area contributed by atoms with E-state index in [2.05, 4.69) is 15.6 Å². The number of benzene rings is 1. The number of aliphatic hydroxyl groups is 1. The van der Waals surface area contributed by atoms with Gasteiger partial charge in [0.15, 0.2) is 0 Å². The smallest absolute Gasteiger partial charge is 0.280 e. The summed E-state index contributed by atoms with van der Waals surface area (Å²) in [4.78, 5) is 27.0. The van der Waals surface area contributed by atoms with Crippen LogP contribution in [0.5, 0.6) is 0 Å². The Balaban J connectivity index is 1.58. The van der Waals surface area contributed by atoms with Gasteiger partial charge in [-0.05, 0) is 35.9 Å². The van der Waals surface area contributed by atoms with Crippen LogP contribution in [0.1, 0.15) is 26.5 Å². The van der Waals surface area contributed by atoms with E-state index >= 15 is 4.39 Å². The highest BCUT2D eigenvalue weighted by Gasteiger charge is 2.22. The zero-order chi connectivity index (χ0) is 25.9. The second kappa shape index (κ2) is 10.5. The Kier molecular flexibility index (Phi) is 6.99. The van der Waals surface area contributed by atoms with E-state index in [4.69, 9.17) is 16.1 Å². The van der Waals surface area contributed by atoms with Gasteiger partial charge in [-0.1, -0.05) is 28.9 Å². The average Bonchev–Trinajstić information content (AvgIpc) is 3.66. The second-order valence-corrected chi connectivity index (χ2v) is 9.79. The molecule has 9 nitrogen and oxygen atoms in total. The number of anilines is 1. The molecule has 2 N–H and O–H groups in total. The van der Waals surface area contributed by atoms with Gasteiger partial charge in [0.25, 0.3) is 11.5 Å². The van der Waals surface area contributed by atoms with Gasteiger partial charge < -0.3 is 14.9 Å². The number of nitrogens with one attached hydrogen (secondary N) is 1. The van der Waals surface area contributed by atoms with Crippen molar-refractivity contribution in [3.05, 3.63) is 109 Å². The van der Waals surface area contributed by atoms with E-state index in [-0.39, 0.29) is 24.5 Å². The molecule has 0 unspecified atom stereocenters. The predicted molar refractivity (Wildman–Crippen MR) is 136 cm³/mol.